The fraction of sp³-hybridized carbons (Fsp3) is 0.105. The fourth-order valence-electron chi connectivity index (χ4n) is 2.42. The van der Waals surface area contributed by atoms with Gasteiger partial charge in [-0.3, -0.25) is 4.79 Å². The van der Waals surface area contributed by atoms with E-state index in [0.29, 0.717) is 4.73 Å². The first-order valence-corrected chi connectivity index (χ1v) is 8.31. The Morgan fingerprint density at radius 3 is 2.60 bits per heavy atom. The lowest BCUT2D eigenvalue weighted by molar-refractivity contribution is -0.604. The number of ether oxygens (including phenoxy) is 2. The number of aromatic nitrogens is 2. The van der Waals surface area contributed by atoms with Crippen molar-refractivity contribution < 1.29 is 36.6 Å². The lowest BCUT2D eigenvalue weighted by atomic mass is 10.1. The number of nitrogens with one attached hydrogen (secondary N) is 1. The van der Waals surface area contributed by atoms with Crippen LogP contribution in [0.25, 0.3) is 0 Å². The molecule has 0 saturated heterocycles. The minimum atomic E-state index is -4.88. The van der Waals surface area contributed by atoms with Gasteiger partial charge in [-0.05, 0) is 30.7 Å². The lowest BCUT2D eigenvalue weighted by Gasteiger charge is -2.13. The molecule has 2 aromatic heterocycles. The SMILES string of the molecule is Cc1ccc(Oc2ccc(OC(F)(F)F)cn2)c(C(=O)Nc2ccc[n+]([O-])c2)c1F. The number of amides is 1. The fourth-order valence-corrected chi connectivity index (χ4v) is 2.42. The maximum atomic E-state index is 14.7. The van der Waals surface area contributed by atoms with Crippen LogP contribution in [-0.2, 0) is 0 Å². The second-order valence-electron chi connectivity index (χ2n) is 5.96. The number of hydrogen-bond donors (Lipinski definition) is 1. The van der Waals surface area contributed by atoms with Crippen molar-refractivity contribution in [2.45, 2.75) is 13.3 Å². The molecule has 0 unspecified atom stereocenters. The van der Waals surface area contributed by atoms with Gasteiger partial charge in [0.05, 0.1) is 6.20 Å². The Bertz CT molecular complexity index is 1070. The molecule has 0 spiro atoms. The topological polar surface area (TPSA) is 87.4 Å². The van der Waals surface area contributed by atoms with E-state index in [4.69, 9.17) is 4.74 Å². The highest BCUT2D eigenvalue weighted by Gasteiger charge is 2.31. The van der Waals surface area contributed by atoms with Crippen LogP contribution >= 0.6 is 0 Å². The van der Waals surface area contributed by atoms with Gasteiger partial charge >= 0.3 is 6.36 Å². The molecular weight excluding hydrogens is 410 g/mol. The van der Waals surface area contributed by atoms with E-state index in [0.717, 1.165) is 24.5 Å². The number of anilines is 1. The predicted octanol–water partition coefficient (Wildman–Crippen LogP) is 4.11. The van der Waals surface area contributed by atoms with Crippen LogP contribution in [0.4, 0.5) is 23.2 Å². The normalized spacial score (nSPS) is 11.1. The van der Waals surface area contributed by atoms with Gasteiger partial charge in [0.2, 0.25) is 12.1 Å². The van der Waals surface area contributed by atoms with Gasteiger partial charge in [0.15, 0.2) is 6.20 Å². The van der Waals surface area contributed by atoms with Crippen molar-refractivity contribution in [1.82, 2.24) is 4.98 Å². The Hall–Kier alpha value is -3.89. The van der Waals surface area contributed by atoms with E-state index < -0.39 is 29.4 Å². The van der Waals surface area contributed by atoms with Crippen LogP contribution in [0.15, 0.2) is 55.0 Å². The number of rotatable bonds is 5. The molecule has 11 heteroatoms. The van der Waals surface area contributed by atoms with E-state index in [2.05, 4.69) is 15.0 Å². The molecule has 1 N–H and O–H groups in total. The van der Waals surface area contributed by atoms with Crippen LogP contribution in [0.1, 0.15) is 15.9 Å². The highest BCUT2D eigenvalue weighted by molar-refractivity contribution is 6.06. The van der Waals surface area contributed by atoms with Crippen molar-refractivity contribution in [3.63, 3.8) is 0 Å². The van der Waals surface area contributed by atoms with E-state index in [9.17, 15) is 27.6 Å². The largest absolute Gasteiger partial charge is 0.619 e. The van der Waals surface area contributed by atoms with Gasteiger partial charge in [-0.25, -0.2) is 9.37 Å². The van der Waals surface area contributed by atoms with Crippen LogP contribution in [0.5, 0.6) is 17.4 Å². The number of benzene rings is 1. The maximum absolute atomic E-state index is 14.7. The van der Waals surface area contributed by atoms with Gasteiger partial charge in [-0.15, -0.1) is 13.2 Å². The summed E-state index contributed by atoms with van der Waals surface area (Å²) < 4.78 is 60.9. The van der Waals surface area contributed by atoms with Crippen molar-refractivity contribution in [2.75, 3.05) is 5.32 Å². The molecular formula is C19H13F4N3O4. The highest BCUT2D eigenvalue weighted by Crippen LogP contribution is 2.30. The average molecular weight is 423 g/mol. The molecule has 1 amide bonds. The van der Waals surface area contributed by atoms with Crippen LogP contribution in [-0.4, -0.2) is 17.3 Å². The van der Waals surface area contributed by atoms with Gasteiger partial charge in [0.25, 0.3) is 5.91 Å². The summed E-state index contributed by atoms with van der Waals surface area (Å²) in [6.07, 6.45) is -1.83. The molecule has 0 aliphatic carbocycles. The minimum Gasteiger partial charge on any atom is -0.619 e. The number of carbonyl (C=O) groups is 1. The number of hydrogen-bond acceptors (Lipinski definition) is 5. The van der Waals surface area contributed by atoms with E-state index in [1.807, 2.05) is 0 Å². The van der Waals surface area contributed by atoms with E-state index in [1.165, 1.54) is 37.4 Å². The molecule has 0 aliphatic rings. The Morgan fingerprint density at radius 1 is 1.20 bits per heavy atom. The summed E-state index contributed by atoms with van der Waals surface area (Å²) >= 11 is 0. The first-order chi connectivity index (χ1) is 14.1. The molecule has 0 aliphatic heterocycles. The molecule has 0 saturated carbocycles. The van der Waals surface area contributed by atoms with Crippen LogP contribution in [0.2, 0.25) is 0 Å². The van der Waals surface area contributed by atoms with Crippen molar-refractivity contribution in [1.29, 1.82) is 0 Å². The molecule has 3 aromatic rings. The maximum Gasteiger partial charge on any atom is 0.573 e. The third-order valence-corrected chi connectivity index (χ3v) is 3.71. The van der Waals surface area contributed by atoms with Gasteiger partial charge in [0.1, 0.15) is 28.6 Å². The molecule has 7 nitrogen and oxygen atoms in total. The second kappa shape index (κ2) is 8.23. The zero-order chi connectivity index (χ0) is 21.9. The number of carbonyl (C=O) groups excluding carboxylic acids is 1. The van der Waals surface area contributed by atoms with Crippen LogP contribution < -0.4 is 19.5 Å². The monoisotopic (exact) mass is 423 g/mol. The van der Waals surface area contributed by atoms with Gasteiger partial charge in [0, 0.05) is 12.1 Å². The third kappa shape index (κ3) is 5.13. The number of pyridine rings is 2. The van der Waals surface area contributed by atoms with Crippen LogP contribution in [0.3, 0.4) is 0 Å². The summed E-state index contributed by atoms with van der Waals surface area (Å²) in [6.45, 7) is 1.44. The number of alkyl halides is 3. The molecule has 1 aromatic carbocycles. The Labute approximate surface area is 167 Å². The lowest BCUT2D eigenvalue weighted by Crippen LogP contribution is -2.26. The van der Waals surface area contributed by atoms with Crippen molar-refractivity contribution in [3.05, 3.63) is 77.1 Å². The standard InChI is InChI=1S/C19H13F4N3O4/c1-11-4-6-14(29-15-7-5-13(9-24-15)30-19(21,22)23)16(17(11)20)18(27)25-12-3-2-8-26(28)10-12/h2-10H,1H3,(H,25,27). The Kier molecular flexibility index (Phi) is 5.72. The molecule has 3 rings (SSSR count). The second-order valence-corrected chi connectivity index (χ2v) is 5.96. The summed E-state index contributed by atoms with van der Waals surface area (Å²) in [5.41, 5.74) is -0.189. The summed E-state index contributed by atoms with van der Waals surface area (Å²) in [4.78, 5) is 16.3. The third-order valence-electron chi connectivity index (χ3n) is 3.71. The quantitative estimate of drug-likeness (QED) is 0.379. The van der Waals surface area contributed by atoms with Gasteiger partial charge in [-0.1, -0.05) is 6.07 Å². The molecule has 2 heterocycles. The smallest absolute Gasteiger partial charge is 0.573 e. The highest BCUT2D eigenvalue weighted by atomic mass is 19.4. The number of aryl methyl sites for hydroxylation is 1. The summed E-state index contributed by atoms with van der Waals surface area (Å²) in [6, 6.07) is 7.52. The molecule has 0 bridgehead atoms. The Morgan fingerprint density at radius 2 is 1.97 bits per heavy atom. The number of nitrogens with zero attached hydrogens (tertiary/aromatic N) is 2. The predicted molar refractivity (Wildman–Crippen MR) is 95.5 cm³/mol. The summed E-state index contributed by atoms with van der Waals surface area (Å²) in [5.74, 6) is -2.75. The van der Waals surface area contributed by atoms with Crippen molar-refractivity contribution in [2.24, 2.45) is 0 Å². The first-order valence-electron chi connectivity index (χ1n) is 8.31. The molecule has 0 radical (unpaired) electrons. The minimum absolute atomic E-state index is 0.121. The molecule has 0 atom stereocenters. The van der Waals surface area contributed by atoms with E-state index in [-0.39, 0.29) is 22.9 Å². The number of halogens is 4. The zero-order valence-corrected chi connectivity index (χ0v) is 15.2. The average Bonchev–Trinajstić information content (AvgIpc) is 2.65. The zero-order valence-electron chi connectivity index (χ0n) is 15.2. The molecule has 0 fully saturated rings. The Balaban J connectivity index is 1.87. The van der Waals surface area contributed by atoms with Gasteiger partial charge < -0.3 is 20.0 Å². The van der Waals surface area contributed by atoms with E-state index >= 15 is 0 Å². The van der Waals surface area contributed by atoms with Gasteiger partial charge in [-0.2, -0.15) is 4.73 Å². The molecule has 156 valence electrons. The molecule has 30 heavy (non-hydrogen) atoms. The van der Waals surface area contributed by atoms with Crippen LogP contribution in [0, 0.1) is 17.9 Å². The van der Waals surface area contributed by atoms with Crippen molar-refractivity contribution in [3.8, 4) is 17.4 Å². The summed E-state index contributed by atoms with van der Waals surface area (Å²) in [7, 11) is 0. The van der Waals surface area contributed by atoms with Crippen molar-refractivity contribution >= 4 is 11.6 Å². The first kappa shape index (κ1) is 20.8. The summed E-state index contributed by atoms with van der Waals surface area (Å²) in [5, 5.41) is 13.7. The van der Waals surface area contributed by atoms with E-state index in [1.54, 1.807) is 0 Å².